The number of hydrogen-bond donors (Lipinski definition) is 0. The zero-order chi connectivity index (χ0) is 14.4. The van der Waals surface area contributed by atoms with Crippen LogP contribution in [0, 0.1) is 17.0 Å². The number of aryl methyl sites for hydroxylation is 1. The van der Waals surface area contributed by atoms with Crippen molar-refractivity contribution >= 4 is 11.6 Å². The number of pyridine rings is 1. The van der Waals surface area contributed by atoms with Gasteiger partial charge < -0.3 is 9.64 Å². The summed E-state index contributed by atoms with van der Waals surface area (Å²) in [5.41, 5.74) is 0.542. The molecule has 0 aliphatic carbocycles. The first kappa shape index (κ1) is 14.9. The Morgan fingerprint density at radius 1 is 1.53 bits per heavy atom. The molecule has 0 saturated heterocycles. The minimum absolute atomic E-state index is 0.00466. The van der Waals surface area contributed by atoms with Crippen LogP contribution >= 0.6 is 0 Å². The van der Waals surface area contributed by atoms with Gasteiger partial charge in [-0.15, -0.1) is 0 Å². The van der Waals surface area contributed by atoms with Crippen molar-refractivity contribution in [3.63, 3.8) is 0 Å². The molecule has 7 nitrogen and oxygen atoms in total. The Labute approximate surface area is 111 Å². The number of nitro groups is 1. The van der Waals surface area contributed by atoms with E-state index in [0.29, 0.717) is 18.4 Å². The smallest absolute Gasteiger partial charge is 0.331 e. The summed E-state index contributed by atoms with van der Waals surface area (Å²) in [6, 6.07) is 1.41. The van der Waals surface area contributed by atoms with Gasteiger partial charge in [-0.3, -0.25) is 14.9 Å². The number of amides is 1. The van der Waals surface area contributed by atoms with Crippen LogP contribution in [-0.4, -0.2) is 41.4 Å². The summed E-state index contributed by atoms with van der Waals surface area (Å²) >= 11 is 0. The first-order chi connectivity index (χ1) is 8.91. The molecular formula is C12H17N3O4. The quantitative estimate of drug-likeness (QED) is 0.443. The van der Waals surface area contributed by atoms with E-state index in [-0.39, 0.29) is 24.1 Å². The molecule has 7 heteroatoms. The van der Waals surface area contributed by atoms with Crippen molar-refractivity contribution in [2.24, 2.45) is 0 Å². The average molecular weight is 267 g/mol. The maximum Gasteiger partial charge on any atom is 0.331 e. The molecule has 1 rings (SSSR count). The van der Waals surface area contributed by atoms with Crippen LogP contribution in [0.25, 0.3) is 0 Å². The van der Waals surface area contributed by atoms with Gasteiger partial charge in [-0.1, -0.05) is 0 Å². The fraction of sp³-hybridized carbons (Fsp3) is 0.500. The first-order valence-corrected chi connectivity index (χ1v) is 5.86. The summed E-state index contributed by atoms with van der Waals surface area (Å²) in [4.78, 5) is 27.0. The second kappa shape index (κ2) is 6.67. The molecule has 0 aliphatic rings. The number of rotatable bonds is 6. The molecule has 0 spiro atoms. The lowest BCUT2D eigenvalue weighted by Crippen LogP contribution is -2.21. The van der Waals surface area contributed by atoms with Gasteiger partial charge in [-0.25, -0.2) is 4.98 Å². The second-order valence-corrected chi connectivity index (χ2v) is 4.33. The van der Waals surface area contributed by atoms with E-state index in [1.165, 1.54) is 17.2 Å². The van der Waals surface area contributed by atoms with Crippen LogP contribution in [0.1, 0.15) is 18.4 Å². The van der Waals surface area contributed by atoms with Gasteiger partial charge in [0.25, 0.3) is 5.88 Å². The van der Waals surface area contributed by atoms with Crippen molar-refractivity contribution in [1.82, 2.24) is 9.88 Å². The predicted octanol–water partition coefficient (Wildman–Crippen LogP) is 1.55. The lowest BCUT2D eigenvalue weighted by molar-refractivity contribution is -0.386. The standard InChI is InChI=1S/C12H17N3O4/c1-9-7-10(15(17)18)12(13-8-9)19-6-4-5-11(16)14(2)3/h7-8H,4-6H2,1-3H3. The highest BCUT2D eigenvalue weighted by Crippen LogP contribution is 2.24. The fourth-order valence-corrected chi connectivity index (χ4v) is 1.40. The zero-order valence-corrected chi connectivity index (χ0v) is 11.3. The molecule has 1 amide bonds. The monoisotopic (exact) mass is 267 g/mol. The van der Waals surface area contributed by atoms with Crippen LogP contribution in [0.15, 0.2) is 12.3 Å². The molecular weight excluding hydrogens is 250 g/mol. The van der Waals surface area contributed by atoms with E-state index < -0.39 is 4.92 Å². The summed E-state index contributed by atoms with van der Waals surface area (Å²) < 4.78 is 5.26. The maximum absolute atomic E-state index is 11.3. The minimum atomic E-state index is -0.527. The molecule has 0 saturated carbocycles. The molecule has 104 valence electrons. The van der Waals surface area contributed by atoms with Crippen molar-refractivity contribution in [2.75, 3.05) is 20.7 Å². The van der Waals surface area contributed by atoms with Crippen molar-refractivity contribution in [3.05, 3.63) is 27.9 Å². The fourth-order valence-electron chi connectivity index (χ4n) is 1.40. The number of carbonyl (C=O) groups excluding carboxylic acids is 1. The lowest BCUT2D eigenvalue weighted by Gasteiger charge is -2.10. The summed E-state index contributed by atoms with van der Waals surface area (Å²) in [6.45, 7) is 1.94. The predicted molar refractivity (Wildman–Crippen MR) is 69.1 cm³/mol. The van der Waals surface area contributed by atoms with E-state index in [2.05, 4.69) is 4.98 Å². The number of carbonyl (C=O) groups is 1. The number of hydrogen-bond acceptors (Lipinski definition) is 5. The van der Waals surface area contributed by atoms with Crippen LogP contribution in [0.5, 0.6) is 5.88 Å². The van der Waals surface area contributed by atoms with Gasteiger partial charge in [0.05, 0.1) is 11.5 Å². The Bertz CT molecular complexity index is 474. The van der Waals surface area contributed by atoms with Gasteiger partial charge in [0, 0.05) is 32.8 Å². The van der Waals surface area contributed by atoms with Crippen molar-refractivity contribution in [2.45, 2.75) is 19.8 Å². The van der Waals surface area contributed by atoms with Gasteiger partial charge in [0.2, 0.25) is 5.91 Å². The highest BCUT2D eigenvalue weighted by atomic mass is 16.6. The summed E-state index contributed by atoms with van der Waals surface area (Å²) in [5.74, 6) is -0.0112. The Morgan fingerprint density at radius 3 is 2.79 bits per heavy atom. The molecule has 1 aromatic heterocycles. The molecule has 0 bridgehead atoms. The molecule has 0 aliphatic heterocycles. The Morgan fingerprint density at radius 2 is 2.21 bits per heavy atom. The number of aromatic nitrogens is 1. The zero-order valence-electron chi connectivity index (χ0n) is 11.3. The first-order valence-electron chi connectivity index (χ1n) is 5.86. The molecule has 0 N–H and O–H groups in total. The molecule has 0 atom stereocenters. The van der Waals surface area contributed by atoms with Crippen molar-refractivity contribution in [3.8, 4) is 5.88 Å². The van der Waals surface area contributed by atoms with Crippen LogP contribution in [0.2, 0.25) is 0 Å². The van der Waals surface area contributed by atoms with Crippen LogP contribution in [-0.2, 0) is 4.79 Å². The van der Waals surface area contributed by atoms with E-state index in [1.807, 2.05) is 0 Å². The van der Waals surface area contributed by atoms with Crippen LogP contribution in [0.4, 0.5) is 5.69 Å². The normalized spacial score (nSPS) is 10.1. The molecule has 0 fully saturated rings. The van der Waals surface area contributed by atoms with Crippen molar-refractivity contribution in [1.29, 1.82) is 0 Å². The summed E-state index contributed by atoms with van der Waals surface area (Å²) in [5, 5.41) is 10.8. The summed E-state index contributed by atoms with van der Waals surface area (Å²) in [7, 11) is 3.35. The van der Waals surface area contributed by atoms with Crippen LogP contribution < -0.4 is 4.74 Å². The third kappa shape index (κ3) is 4.53. The Hall–Kier alpha value is -2.18. The number of nitrogens with zero attached hydrogens (tertiary/aromatic N) is 3. The van der Waals surface area contributed by atoms with Gasteiger partial charge >= 0.3 is 5.69 Å². The number of ether oxygens (including phenoxy) is 1. The topological polar surface area (TPSA) is 85.6 Å². The summed E-state index contributed by atoms with van der Waals surface area (Å²) in [6.07, 6.45) is 2.34. The maximum atomic E-state index is 11.3. The largest absolute Gasteiger partial charge is 0.473 e. The highest BCUT2D eigenvalue weighted by molar-refractivity contribution is 5.75. The van der Waals surface area contributed by atoms with Crippen molar-refractivity contribution < 1.29 is 14.5 Å². The molecule has 19 heavy (non-hydrogen) atoms. The van der Waals surface area contributed by atoms with Gasteiger partial charge in [-0.2, -0.15) is 0 Å². The molecule has 0 unspecified atom stereocenters. The molecule has 1 aromatic rings. The van der Waals surface area contributed by atoms with E-state index in [0.717, 1.165) is 0 Å². The van der Waals surface area contributed by atoms with E-state index in [1.54, 1.807) is 21.0 Å². The van der Waals surface area contributed by atoms with E-state index >= 15 is 0 Å². The third-order valence-corrected chi connectivity index (χ3v) is 2.44. The minimum Gasteiger partial charge on any atom is -0.473 e. The van der Waals surface area contributed by atoms with Gasteiger partial charge in [0.1, 0.15) is 0 Å². The van der Waals surface area contributed by atoms with Crippen LogP contribution in [0.3, 0.4) is 0 Å². The Kier molecular flexibility index (Phi) is 5.23. The molecule has 0 radical (unpaired) electrons. The van der Waals surface area contributed by atoms with E-state index in [4.69, 9.17) is 4.74 Å². The Balaban J connectivity index is 2.54. The average Bonchev–Trinajstić information content (AvgIpc) is 2.35. The lowest BCUT2D eigenvalue weighted by atomic mass is 10.3. The molecule has 1 heterocycles. The third-order valence-electron chi connectivity index (χ3n) is 2.44. The van der Waals surface area contributed by atoms with Gasteiger partial charge in [-0.05, 0) is 18.9 Å². The molecule has 0 aromatic carbocycles. The van der Waals surface area contributed by atoms with E-state index in [9.17, 15) is 14.9 Å². The highest BCUT2D eigenvalue weighted by Gasteiger charge is 2.17. The van der Waals surface area contributed by atoms with Gasteiger partial charge in [0.15, 0.2) is 0 Å². The SMILES string of the molecule is Cc1cnc(OCCCC(=O)N(C)C)c([N+](=O)[O-])c1. The second-order valence-electron chi connectivity index (χ2n) is 4.33.